The van der Waals surface area contributed by atoms with Gasteiger partial charge in [-0.3, -0.25) is 4.79 Å². The highest BCUT2D eigenvalue weighted by atomic mass is 79.9. The molecule has 3 nitrogen and oxygen atoms in total. The summed E-state index contributed by atoms with van der Waals surface area (Å²) in [7, 11) is 0. The Morgan fingerprint density at radius 1 is 1.47 bits per heavy atom. The van der Waals surface area contributed by atoms with Crippen molar-refractivity contribution in [2.75, 3.05) is 19.8 Å². The number of amides is 1. The minimum atomic E-state index is -0.0509. The molecule has 1 aromatic rings. The third kappa shape index (κ3) is 3.53. The second kappa shape index (κ2) is 5.98. The van der Waals surface area contributed by atoms with Crippen LogP contribution >= 0.6 is 31.9 Å². The van der Waals surface area contributed by atoms with Crippen molar-refractivity contribution in [2.24, 2.45) is 5.92 Å². The van der Waals surface area contributed by atoms with E-state index in [9.17, 15) is 4.79 Å². The molecule has 17 heavy (non-hydrogen) atoms. The van der Waals surface area contributed by atoms with Gasteiger partial charge in [-0.05, 0) is 40.5 Å². The van der Waals surface area contributed by atoms with Crippen molar-refractivity contribution >= 4 is 37.8 Å². The minimum Gasteiger partial charge on any atom is -0.381 e. The summed E-state index contributed by atoms with van der Waals surface area (Å²) < 4.78 is 6.97. The Labute approximate surface area is 117 Å². The van der Waals surface area contributed by atoms with E-state index in [4.69, 9.17) is 4.74 Å². The largest absolute Gasteiger partial charge is 0.381 e. The Balaban J connectivity index is 1.96. The van der Waals surface area contributed by atoms with Crippen LogP contribution in [0.1, 0.15) is 16.8 Å². The molecule has 0 aromatic heterocycles. The number of ether oxygens (including phenoxy) is 1. The van der Waals surface area contributed by atoms with Crippen LogP contribution in [0.25, 0.3) is 0 Å². The van der Waals surface area contributed by atoms with Crippen molar-refractivity contribution in [2.45, 2.75) is 6.42 Å². The quantitative estimate of drug-likeness (QED) is 0.897. The lowest BCUT2D eigenvalue weighted by Gasteiger charge is -2.10. The minimum absolute atomic E-state index is 0.0509. The van der Waals surface area contributed by atoms with Crippen molar-refractivity contribution in [3.63, 3.8) is 0 Å². The van der Waals surface area contributed by atoms with Crippen LogP contribution in [0.5, 0.6) is 0 Å². The highest BCUT2D eigenvalue weighted by molar-refractivity contribution is 9.11. The summed E-state index contributed by atoms with van der Waals surface area (Å²) in [6.45, 7) is 2.23. The van der Waals surface area contributed by atoms with Crippen molar-refractivity contribution in [1.82, 2.24) is 5.32 Å². The molecule has 1 amide bonds. The van der Waals surface area contributed by atoms with Crippen LogP contribution in [0.4, 0.5) is 0 Å². The van der Waals surface area contributed by atoms with Gasteiger partial charge in [-0.15, -0.1) is 0 Å². The second-order valence-corrected chi connectivity index (χ2v) is 5.83. The lowest BCUT2D eigenvalue weighted by molar-refractivity contribution is 0.0944. The van der Waals surface area contributed by atoms with Crippen LogP contribution in [0.2, 0.25) is 0 Å². The summed E-state index contributed by atoms with van der Waals surface area (Å²) >= 11 is 6.74. The molecule has 0 aliphatic carbocycles. The molecule has 0 spiro atoms. The number of carbonyl (C=O) groups excluding carboxylic acids is 1. The lowest BCUT2D eigenvalue weighted by atomic mass is 10.1. The van der Waals surface area contributed by atoms with Crippen molar-refractivity contribution < 1.29 is 9.53 Å². The molecule has 5 heteroatoms. The molecule has 0 radical (unpaired) electrons. The molecule has 1 aliphatic heterocycles. The zero-order chi connectivity index (χ0) is 12.3. The maximum atomic E-state index is 12.0. The van der Waals surface area contributed by atoms with E-state index >= 15 is 0 Å². The predicted octanol–water partition coefficient (Wildman–Crippen LogP) is 2.98. The molecule has 1 aromatic carbocycles. The van der Waals surface area contributed by atoms with Gasteiger partial charge in [-0.1, -0.05) is 15.9 Å². The van der Waals surface area contributed by atoms with Gasteiger partial charge in [0.1, 0.15) is 0 Å². The first-order valence-corrected chi connectivity index (χ1v) is 7.06. The number of hydrogen-bond donors (Lipinski definition) is 1. The number of rotatable bonds is 3. The molecule has 1 heterocycles. The Hall–Kier alpha value is -0.390. The monoisotopic (exact) mass is 361 g/mol. The fourth-order valence-electron chi connectivity index (χ4n) is 1.75. The summed E-state index contributed by atoms with van der Waals surface area (Å²) in [6, 6.07) is 5.56. The molecular formula is C12H13Br2NO2. The number of halogens is 2. The number of hydrogen-bond acceptors (Lipinski definition) is 2. The first kappa shape index (κ1) is 13.1. The molecule has 1 saturated heterocycles. The first-order valence-electron chi connectivity index (χ1n) is 5.48. The molecule has 0 bridgehead atoms. The van der Waals surface area contributed by atoms with Crippen LogP contribution in [0, 0.1) is 5.92 Å². The van der Waals surface area contributed by atoms with Gasteiger partial charge in [0.15, 0.2) is 0 Å². The maximum absolute atomic E-state index is 12.0. The molecule has 92 valence electrons. The summed E-state index contributed by atoms with van der Waals surface area (Å²) in [4.78, 5) is 12.0. The summed E-state index contributed by atoms with van der Waals surface area (Å²) in [5.41, 5.74) is 0.651. The van der Waals surface area contributed by atoms with E-state index in [1.165, 1.54) is 0 Å². The van der Waals surface area contributed by atoms with E-state index in [0.29, 0.717) is 18.0 Å². The molecule has 1 N–H and O–H groups in total. The van der Waals surface area contributed by atoms with E-state index in [0.717, 1.165) is 28.6 Å². The Morgan fingerprint density at radius 3 is 3.00 bits per heavy atom. The molecule has 0 saturated carbocycles. The summed E-state index contributed by atoms with van der Waals surface area (Å²) in [6.07, 6.45) is 1.03. The van der Waals surface area contributed by atoms with Gasteiger partial charge in [0.05, 0.1) is 12.2 Å². The van der Waals surface area contributed by atoms with Crippen LogP contribution in [0.3, 0.4) is 0 Å². The van der Waals surface area contributed by atoms with E-state index < -0.39 is 0 Å². The highest BCUT2D eigenvalue weighted by Gasteiger charge is 2.17. The van der Waals surface area contributed by atoms with E-state index in [1.54, 1.807) is 0 Å². The Bertz CT molecular complexity index is 417. The van der Waals surface area contributed by atoms with E-state index in [1.807, 2.05) is 18.2 Å². The van der Waals surface area contributed by atoms with E-state index in [-0.39, 0.29) is 5.91 Å². The SMILES string of the molecule is O=C(NCC1CCOC1)c1cc(Br)ccc1Br. The number of nitrogens with one attached hydrogen (secondary N) is 1. The number of benzene rings is 1. The zero-order valence-corrected chi connectivity index (χ0v) is 12.4. The van der Waals surface area contributed by atoms with Gasteiger partial charge >= 0.3 is 0 Å². The Kier molecular flexibility index (Phi) is 4.59. The smallest absolute Gasteiger partial charge is 0.252 e. The molecular weight excluding hydrogens is 350 g/mol. The summed E-state index contributed by atoms with van der Waals surface area (Å²) in [5, 5.41) is 2.94. The van der Waals surface area contributed by atoms with Gasteiger partial charge in [-0.2, -0.15) is 0 Å². The van der Waals surface area contributed by atoms with Gasteiger partial charge in [0.2, 0.25) is 0 Å². The van der Waals surface area contributed by atoms with Crippen molar-refractivity contribution in [1.29, 1.82) is 0 Å². The second-order valence-electron chi connectivity index (χ2n) is 4.06. The van der Waals surface area contributed by atoms with Gasteiger partial charge in [-0.25, -0.2) is 0 Å². The Morgan fingerprint density at radius 2 is 2.29 bits per heavy atom. The third-order valence-electron chi connectivity index (χ3n) is 2.75. The van der Waals surface area contributed by atoms with E-state index in [2.05, 4.69) is 37.2 Å². The molecule has 1 unspecified atom stereocenters. The lowest BCUT2D eigenvalue weighted by Crippen LogP contribution is -2.29. The first-order chi connectivity index (χ1) is 8.16. The van der Waals surface area contributed by atoms with Gasteiger partial charge < -0.3 is 10.1 Å². The highest BCUT2D eigenvalue weighted by Crippen LogP contribution is 2.21. The third-order valence-corrected chi connectivity index (χ3v) is 3.93. The van der Waals surface area contributed by atoms with Crippen LogP contribution in [-0.2, 0) is 4.74 Å². The maximum Gasteiger partial charge on any atom is 0.252 e. The van der Waals surface area contributed by atoms with Crippen molar-refractivity contribution in [3.8, 4) is 0 Å². The predicted molar refractivity (Wildman–Crippen MR) is 73.1 cm³/mol. The number of carbonyl (C=O) groups is 1. The standard InChI is InChI=1S/C12H13Br2NO2/c13-9-1-2-11(14)10(5-9)12(16)15-6-8-3-4-17-7-8/h1-2,5,8H,3-4,6-7H2,(H,15,16). The fraction of sp³-hybridized carbons (Fsp3) is 0.417. The van der Waals surface area contributed by atoms with Crippen LogP contribution < -0.4 is 5.32 Å². The van der Waals surface area contributed by atoms with Gasteiger partial charge in [0, 0.05) is 28.0 Å². The zero-order valence-electron chi connectivity index (χ0n) is 9.21. The summed E-state index contributed by atoms with van der Waals surface area (Å²) in [5.74, 6) is 0.398. The molecule has 1 aliphatic rings. The molecule has 1 fully saturated rings. The van der Waals surface area contributed by atoms with Gasteiger partial charge in [0.25, 0.3) is 5.91 Å². The normalized spacial score (nSPS) is 19.3. The van der Waals surface area contributed by atoms with Crippen molar-refractivity contribution in [3.05, 3.63) is 32.7 Å². The van der Waals surface area contributed by atoms with Crippen LogP contribution in [-0.4, -0.2) is 25.7 Å². The molecule has 1 atom stereocenters. The fourth-order valence-corrected chi connectivity index (χ4v) is 2.54. The topological polar surface area (TPSA) is 38.3 Å². The average Bonchev–Trinajstić information content (AvgIpc) is 2.82. The average molecular weight is 363 g/mol. The molecule has 2 rings (SSSR count). The van der Waals surface area contributed by atoms with Crippen LogP contribution in [0.15, 0.2) is 27.1 Å².